The molecule has 0 aromatic heterocycles. The number of hydrogen-bond acceptors (Lipinski definition) is 3. The van der Waals surface area contributed by atoms with Gasteiger partial charge < -0.3 is 15.5 Å². The van der Waals surface area contributed by atoms with Crippen LogP contribution >= 0.6 is 0 Å². The molecular formula is C70H119NO3. The number of aliphatic hydroxyl groups is 2. The summed E-state index contributed by atoms with van der Waals surface area (Å²) in [5.41, 5.74) is 0. The highest BCUT2D eigenvalue weighted by Crippen LogP contribution is 2.17. The van der Waals surface area contributed by atoms with Gasteiger partial charge in [-0.05, 0) is 96.3 Å². The van der Waals surface area contributed by atoms with Gasteiger partial charge in [-0.3, -0.25) is 4.79 Å². The first-order chi connectivity index (χ1) is 36.7. The maximum absolute atomic E-state index is 12.5. The number of nitrogens with one attached hydrogen (secondary N) is 1. The number of hydrogen-bond donors (Lipinski definition) is 3. The Morgan fingerprint density at radius 3 is 0.892 bits per heavy atom. The summed E-state index contributed by atoms with van der Waals surface area (Å²) in [5, 5.41) is 23.2. The van der Waals surface area contributed by atoms with Crippen molar-refractivity contribution < 1.29 is 15.0 Å². The third-order valence-corrected chi connectivity index (χ3v) is 13.6. The Kier molecular flexibility index (Phi) is 60.8. The molecule has 422 valence electrons. The summed E-state index contributed by atoms with van der Waals surface area (Å²) in [5.74, 6) is -0.109. The van der Waals surface area contributed by atoms with E-state index in [9.17, 15) is 15.0 Å². The summed E-state index contributed by atoms with van der Waals surface area (Å²) in [6.07, 6.45) is 99.2. The van der Waals surface area contributed by atoms with Crippen LogP contribution in [0.4, 0.5) is 0 Å². The van der Waals surface area contributed by atoms with Crippen LogP contribution in [0.1, 0.15) is 284 Å². The minimum atomic E-state index is -0.870. The van der Waals surface area contributed by atoms with Crippen LogP contribution in [0.25, 0.3) is 0 Å². The highest BCUT2D eigenvalue weighted by atomic mass is 16.3. The van der Waals surface area contributed by atoms with Gasteiger partial charge in [0.2, 0.25) is 5.91 Å². The number of carbonyl (C=O) groups excluding carboxylic acids is 1. The van der Waals surface area contributed by atoms with Crippen molar-refractivity contribution >= 4 is 5.91 Å². The van der Waals surface area contributed by atoms with Gasteiger partial charge in [0.25, 0.3) is 0 Å². The molecule has 0 bridgehead atoms. The van der Waals surface area contributed by atoms with Crippen molar-refractivity contribution in [1.29, 1.82) is 0 Å². The van der Waals surface area contributed by atoms with Gasteiger partial charge in [-0.15, -0.1) is 0 Å². The summed E-state index contributed by atoms with van der Waals surface area (Å²) in [7, 11) is 0. The van der Waals surface area contributed by atoms with Crippen molar-refractivity contribution in [2.75, 3.05) is 6.61 Å². The third-order valence-electron chi connectivity index (χ3n) is 13.6. The van der Waals surface area contributed by atoms with Crippen molar-refractivity contribution in [3.05, 3.63) is 134 Å². The van der Waals surface area contributed by atoms with Gasteiger partial charge in [0.05, 0.1) is 18.8 Å². The molecule has 2 atom stereocenters. The SMILES string of the molecule is CC/C=C\C/C=C\C/C=C\C/C=C\C/C=C\C/C=C\C/C=C\C/C=C\C/C=C\C/C=C\CCCCC(=O)NC(CO)C(O)/C=C/CCCCCCCCCCCCCCCCCCCCCCCCCCCCC. The van der Waals surface area contributed by atoms with Gasteiger partial charge in [0, 0.05) is 6.42 Å². The summed E-state index contributed by atoms with van der Waals surface area (Å²) in [4.78, 5) is 12.5. The molecule has 0 rings (SSSR count). The predicted molar refractivity (Wildman–Crippen MR) is 331 cm³/mol. The molecule has 0 saturated carbocycles. The standard InChI is InChI=1S/C70H119NO3/c1-3-5-7-9-11-13-15-17-19-21-23-25-27-29-31-33-34-35-36-38-40-42-44-46-48-50-52-54-56-58-60-62-64-66-70(74)71-68(67-72)69(73)65-63-61-59-57-55-53-51-49-47-45-43-41-39-37-32-30-28-26-24-22-20-18-16-14-12-10-8-6-4-2/h5,7,11,13,17,19,23,25,29,31,34-35,38,40,44,46,50,52,56,58,63,65,68-69,72-73H,3-4,6,8-10,12,14-16,18,20-22,24,26-28,30,32-33,36-37,39,41-43,45,47-49,51,53-55,57,59-62,64,66-67H2,1-2H3,(H,71,74)/b7-5-,13-11-,19-17-,25-23-,31-29-,35-34-,40-38-,46-44-,52-50-,58-56-,65-63+. The zero-order valence-electron chi connectivity index (χ0n) is 48.6. The Balaban J connectivity index is 3.64. The third kappa shape index (κ3) is 59.4. The molecule has 0 heterocycles. The van der Waals surface area contributed by atoms with Crippen molar-refractivity contribution in [2.24, 2.45) is 0 Å². The number of rotatable bonds is 56. The number of aliphatic hydroxyl groups excluding tert-OH is 2. The lowest BCUT2D eigenvalue weighted by Crippen LogP contribution is -2.45. The van der Waals surface area contributed by atoms with E-state index in [1.165, 1.54) is 167 Å². The second kappa shape index (κ2) is 63.8. The van der Waals surface area contributed by atoms with Crippen LogP contribution in [0.15, 0.2) is 134 Å². The molecule has 0 aliphatic rings. The lowest BCUT2D eigenvalue weighted by molar-refractivity contribution is -0.123. The van der Waals surface area contributed by atoms with Crippen LogP contribution in [-0.4, -0.2) is 34.9 Å². The first-order valence-corrected chi connectivity index (χ1v) is 31.4. The van der Waals surface area contributed by atoms with E-state index in [1.807, 2.05) is 6.08 Å². The van der Waals surface area contributed by atoms with Crippen molar-refractivity contribution in [2.45, 2.75) is 296 Å². The lowest BCUT2D eigenvalue weighted by Gasteiger charge is -2.19. The fraction of sp³-hybridized carbons (Fsp3) is 0.671. The van der Waals surface area contributed by atoms with E-state index >= 15 is 0 Å². The molecule has 0 aromatic carbocycles. The second-order valence-corrected chi connectivity index (χ2v) is 20.7. The number of unbranched alkanes of at least 4 members (excludes halogenated alkanes) is 29. The molecule has 74 heavy (non-hydrogen) atoms. The Hall–Kier alpha value is -3.47. The highest BCUT2D eigenvalue weighted by molar-refractivity contribution is 5.76. The maximum atomic E-state index is 12.5. The van der Waals surface area contributed by atoms with Crippen LogP contribution in [0.2, 0.25) is 0 Å². The number of carbonyl (C=O) groups is 1. The van der Waals surface area contributed by atoms with Crippen molar-refractivity contribution in [1.82, 2.24) is 5.32 Å². The monoisotopic (exact) mass is 1020 g/mol. The zero-order valence-corrected chi connectivity index (χ0v) is 48.6. The minimum absolute atomic E-state index is 0.109. The first-order valence-electron chi connectivity index (χ1n) is 31.4. The molecule has 3 N–H and O–H groups in total. The Morgan fingerprint density at radius 1 is 0.338 bits per heavy atom. The zero-order chi connectivity index (χ0) is 53.4. The molecule has 0 saturated heterocycles. The maximum Gasteiger partial charge on any atom is 0.220 e. The smallest absolute Gasteiger partial charge is 0.220 e. The lowest BCUT2D eigenvalue weighted by atomic mass is 10.0. The van der Waals surface area contributed by atoms with Crippen LogP contribution in [-0.2, 0) is 4.79 Å². The van der Waals surface area contributed by atoms with Crippen molar-refractivity contribution in [3.8, 4) is 0 Å². The molecular weight excluding hydrogens is 903 g/mol. The molecule has 0 aliphatic carbocycles. The van der Waals surface area contributed by atoms with E-state index < -0.39 is 12.1 Å². The summed E-state index contributed by atoms with van der Waals surface area (Å²) >= 11 is 0. The fourth-order valence-electron chi connectivity index (χ4n) is 8.91. The Bertz CT molecular complexity index is 1490. The minimum Gasteiger partial charge on any atom is -0.394 e. The topological polar surface area (TPSA) is 69.6 Å². The fourth-order valence-corrected chi connectivity index (χ4v) is 8.91. The molecule has 0 radical (unpaired) electrons. The van der Waals surface area contributed by atoms with E-state index in [-0.39, 0.29) is 12.5 Å². The molecule has 0 aromatic rings. The largest absolute Gasteiger partial charge is 0.394 e. The molecule has 2 unspecified atom stereocenters. The van der Waals surface area contributed by atoms with Gasteiger partial charge in [-0.2, -0.15) is 0 Å². The van der Waals surface area contributed by atoms with E-state index in [0.717, 1.165) is 96.3 Å². The Labute approximate surface area is 460 Å². The van der Waals surface area contributed by atoms with E-state index in [0.29, 0.717) is 6.42 Å². The van der Waals surface area contributed by atoms with Gasteiger partial charge in [-0.1, -0.05) is 314 Å². The average molecular weight is 1020 g/mol. The van der Waals surface area contributed by atoms with E-state index in [4.69, 9.17) is 0 Å². The van der Waals surface area contributed by atoms with E-state index in [1.54, 1.807) is 6.08 Å². The predicted octanol–water partition coefficient (Wildman–Crippen LogP) is 21.4. The summed E-state index contributed by atoms with van der Waals surface area (Å²) < 4.78 is 0. The second-order valence-electron chi connectivity index (χ2n) is 20.7. The summed E-state index contributed by atoms with van der Waals surface area (Å²) in [6.45, 7) is 4.19. The van der Waals surface area contributed by atoms with Crippen LogP contribution in [0.3, 0.4) is 0 Å². The normalized spacial score (nSPS) is 13.7. The van der Waals surface area contributed by atoms with E-state index in [2.05, 4.69) is 141 Å². The molecule has 0 aliphatic heterocycles. The number of amides is 1. The molecule has 0 spiro atoms. The number of allylic oxidation sites excluding steroid dienone is 21. The van der Waals surface area contributed by atoms with Crippen molar-refractivity contribution in [3.63, 3.8) is 0 Å². The first kappa shape index (κ1) is 70.5. The molecule has 0 fully saturated rings. The molecule has 1 amide bonds. The van der Waals surface area contributed by atoms with Gasteiger partial charge in [0.1, 0.15) is 0 Å². The van der Waals surface area contributed by atoms with Crippen LogP contribution in [0, 0.1) is 0 Å². The Morgan fingerprint density at radius 2 is 0.595 bits per heavy atom. The van der Waals surface area contributed by atoms with Crippen LogP contribution in [0.5, 0.6) is 0 Å². The van der Waals surface area contributed by atoms with Gasteiger partial charge >= 0.3 is 0 Å². The van der Waals surface area contributed by atoms with Crippen LogP contribution < -0.4 is 5.32 Å². The average Bonchev–Trinajstić information content (AvgIpc) is 3.40. The molecule has 4 heteroatoms. The van der Waals surface area contributed by atoms with Gasteiger partial charge in [0.15, 0.2) is 0 Å². The highest BCUT2D eigenvalue weighted by Gasteiger charge is 2.18. The summed E-state index contributed by atoms with van der Waals surface area (Å²) in [6, 6.07) is -0.658. The molecule has 4 nitrogen and oxygen atoms in total. The van der Waals surface area contributed by atoms with Gasteiger partial charge in [-0.25, -0.2) is 0 Å². The quantitative estimate of drug-likeness (QED) is 0.0420.